The van der Waals surface area contributed by atoms with Crippen molar-refractivity contribution in [2.75, 3.05) is 0 Å². The molecular weight excluding hydrogens is 216 g/mol. The monoisotopic (exact) mass is 224 g/mol. The number of benzene rings is 1. The molecule has 0 fully saturated rings. The largest absolute Gasteiger partial charge is 0.326 e. The topological polar surface area (TPSA) is 38.9 Å². The zero-order valence-corrected chi connectivity index (χ0v) is 8.98. The minimum atomic E-state index is 0.540. The van der Waals surface area contributed by atoms with Crippen molar-refractivity contribution >= 4 is 23.1 Å². The van der Waals surface area contributed by atoms with Crippen molar-refractivity contribution < 1.29 is 0 Å². The second-order valence-corrected chi connectivity index (χ2v) is 4.22. The molecule has 0 aliphatic heterocycles. The van der Waals surface area contributed by atoms with Crippen LogP contribution < -0.4 is 5.73 Å². The summed E-state index contributed by atoms with van der Waals surface area (Å²) in [5.41, 5.74) is 7.49. The zero-order valence-electron chi connectivity index (χ0n) is 7.40. The summed E-state index contributed by atoms with van der Waals surface area (Å²) in [7, 11) is 0. The number of hydrogen-bond donors (Lipinski definition) is 1. The van der Waals surface area contributed by atoms with E-state index in [2.05, 4.69) is 4.37 Å². The summed E-state index contributed by atoms with van der Waals surface area (Å²) in [5.74, 6) is 0. The van der Waals surface area contributed by atoms with Gasteiger partial charge < -0.3 is 5.73 Å². The maximum absolute atomic E-state index is 5.89. The standard InChI is InChI=1S/C10H9ClN2S/c11-8-3-1-2-7(4-8)10-5-9(6-12)14-13-10/h1-5H,6,12H2. The summed E-state index contributed by atoms with van der Waals surface area (Å²) in [6.45, 7) is 0.540. The number of nitrogens with zero attached hydrogens (tertiary/aromatic N) is 1. The van der Waals surface area contributed by atoms with Gasteiger partial charge >= 0.3 is 0 Å². The predicted molar refractivity (Wildman–Crippen MR) is 60.5 cm³/mol. The Morgan fingerprint density at radius 2 is 2.21 bits per heavy atom. The molecule has 14 heavy (non-hydrogen) atoms. The van der Waals surface area contributed by atoms with Crippen LogP contribution in [0.3, 0.4) is 0 Å². The van der Waals surface area contributed by atoms with E-state index in [-0.39, 0.29) is 0 Å². The minimum Gasteiger partial charge on any atom is -0.326 e. The highest BCUT2D eigenvalue weighted by Gasteiger charge is 2.03. The third-order valence-electron chi connectivity index (χ3n) is 1.88. The number of rotatable bonds is 2. The van der Waals surface area contributed by atoms with Crippen molar-refractivity contribution in [3.05, 3.63) is 40.2 Å². The first-order chi connectivity index (χ1) is 6.79. The molecule has 1 aromatic heterocycles. The molecule has 0 unspecified atom stereocenters. The molecule has 2 rings (SSSR count). The quantitative estimate of drug-likeness (QED) is 0.852. The van der Waals surface area contributed by atoms with E-state index in [9.17, 15) is 0 Å². The van der Waals surface area contributed by atoms with Crippen molar-refractivity contribution in [2.45, 2.75) is 6.54 Å². The fourth-order valence-corrected chi connectivity index (χ4v) is 2.00. The SMILES string of the molecule is NCc1cc(-c2cccc(Cl)c2)ns1. The summed E-state index contributed by atoms with van der Waals surface area (Å²) in [5, 5.41) is 0.727. The molecule has 4 heteroatoms. The Bertz CT molecular complexity index is 439. The van der Waals surface area contributed by atoms with Crippen LogP contribution in [-0.4, -0.2) is 4.37 Å². The van der Waals surface area contributed by atoms with Gasteiger partial charge in [-0.2, -0.15) is 4.37 Å². The van der Waals surface area contributed by atoms with E-state index < -0.39 is 0 Å². The molecule has 1 heterocycles. The highest BCUT2D eigenvalue weighted by molar-refractivity contribution is 7.06. The Kier molecular flexibility index (Phi) is 2.82. The van der Waals surface area contributed by atoms with E-state index in [0.717, 1.165) is 21.2 Å². The highest BCUT2D eigenvalue weighted by Crippen LogP contribution is 2.24. The van der Waals surface area contributed by atoms with Crippen LogP contribution in [0.4, 0.5) is 0 Å². The molecule has 0 bridgehead atoms. The molecule has 0 saturated carbocycles. The van der Waals surface area contributed by atoms with E-state index >= 15 is 0 Å². The molecule has 1 aromatic carbocycles. The maximum atomic E-state index is 5.89. The third-order valence-corrected chi connectivity index (χ3v) is 2.92. The van der Waals surface area contributed by atoms with E-state index in [1.54, 1.807) is 0 Å². The first kappa shape index (κ1) is 9.65. The molecule has 0 aliphatic carbocycles. The molecular formula is C10H9ClN2S. The van der Waals surface area contributed by atoms with Crippen LogP contribution in [0, 0.1) is 0 Å². The Hall–Kier alpha value is -0.900. The Balaban J connectivity index is 2.39. The number of nitrogens with two attached hydrogens (primary N) is 1. The van der Waals surface area contributed by atoms with Crippen LogP contribution in [0.5, 0.6) is 0 Å². The van der Waals surface area contributed by atoms with Crippen LogP contribution in [0.1, 0.15) is 4.88 Å². The highest BCUT2D eigenvalue weighted by atomic mass is 35.5. The lowest BCUT2D eigenvalue weighted by atomic mass is 10.1. The average molecular weight is 225 g/mol. The predicted octanol–water partition coefficient (Wildman–Crippen LogP) is 2.92. The Morgan fingerprint density at radius 3 is 2.86 bits per heavy atom. The van der Waals surface area contributed by atoms with Crippen molar-refractivity contribution in [3.8, 4) is 11.3 Å². The maximum Gasteiger partial charge on any atom is 0.0844 e. The number of aromatic nitrogens is 1. The second kappa shape index (κ2) is 4.09. The van der Waals surface area contributed by atoms with Crippen molar-refractivity contribution in [1.29, 1.82) is 0 Å². The fourth-order valence-electron chi connectivity index (χ4n) is 1.19. The smallest absolute Gasteiger partial charge is 0.0844 e. The molecule has 2 aromatic rings. The van der Waals surface area contributed by atoms with Gasteiger partial charge in [0.15, 0.2) is 0 Å². The van der Waals surface area contributed by atoms with Gasteiger partial charge in [-0.05, 0) is 29.7 Å². The van der Waals surface area contributed by atoms with Gasteiger partial charge in [-0.1, -0.05) is 23.7 Å². The molecule has 0 amide bonds. The molecule has 0 radical (unpaired) electrons. The summed E-state index contributed by atoms with van der Waals surface area (Å²) in [4.78, 5) is 1.08. The lowest BCUT2D eigenvalue weighted by Gasteiger charge is -1.95. The molecule has 0 aliphatic rings. The van der Waals surface area contributed by atoms with Gasteiger partial charge in [-0.3, -0.25) is 0 Å². The van der Waals surface area contributed by atoms with Crippen LogP contribution in [-0.2, 0) is 6.54 Å². The van der Waals surface area contributed by atoms with Gasteiger partial charge in [0.25, 0.3) is 0 Å². The summed E-state index contributed by atoms with van der Waals surface area (Å²) >= 11 is 7.32. The molecule has 72 valence electrons. The third kappa shape index (κ3) is 1.95. The first-order valence-corrected chi connectivity index (χ1v) is 5.36. The van der Waals surface area contributed by atoms with Gasteiger partial charge in [0.1, 0.15) is 0 Å². The van der Waals surface area contributed by atoms with Gasteiger partial charge in [0, 0.05) is 22.0 Å². The lowest BCUT2D eigenvalue weighted by Crippen LogP contribution is -1.91. The van der Waals surface area contributed by atoms with Crippen LogP contribution in [0.25, 0.3) is 11.3 Å². The van der Waals surface area contributed by atoms with E-state index in [1.807, 2.05) is 30.3 Å². The zero-order chi connectivity index (χ0) is 9.97. The molecule has 0 spiro atoms. The van der Waals surface area contributed by atoms with Crippen LogP contribution in [0.15, 0.2) is 30.3 Å². The summed E-state index contributed by atoms with van der Waals surface area (Å²) in [6, 6.07) is 9.65. The lowest BCUT2D eigenvalue weighted by molar-refractivity contribution is 1.11. The van der Waals surface area contributed by atoms with Gasteiger partial charge in [0.2, 0.25) is 0 Å². The average Bonchev–Trinajstić information content (AvgIpc) is 2.66. The van der Waals surface area contributed by atoms with Crippen molar-refractivity contribution in [1.82, 2.24) is 4.37 Å². The normalized spacial score (nSPS) is 10.4. The molecule has 0 saturated heterocycles. The molecule has 2 N–H and O–H groups in total. The van der Waals surface area contributed by atoms with Gasteiger partial charge in [-0.15, -0.1) is 0 Å². The minimum absolute atomic E-state index is 0.540. The van der Waals surface area contributed by atoms with Crippen molar-refractivity contribution in [3.63, 3.8) is 0 Å². The van der Waals surface area contributed by atoms with E-state index in [1.165, 1.54) is 11.5 Å². The second-order valence-electron chi connectivity index (χ2n) is 2.89. The summed E-state index contributed by atoms with van der Waals surface area (Å²) < 4.78 is 4.30. The Labute approximate surface area is 91.5 Å². The first-order valence-electron chi connectivity index (χ1n) is 4.21. The molecule has 2 nitrogen and oxygen atoms in total. The summed E-state index contributed by atoms with van der Waals surface area (Å²) in [6.07, 6.45) is 0. The van der Waals surface area contributed by atoms with E-state index in [4.69, 9.17) is 17.3 Å². The Morgan fingerprint density at radius 1 is 1.36 bits per heavy atom. The van der Waals surface area contributed by atoms with Crippen molar-refractivity contribution in [2.24, 2.45) is 5.73 Å². The van der Waals surface area contributed by atoms with Crippen LogP contribution >= 0.6 is 23.1 Å². The number of halogens is 1. The van der Waals surface area contributed by atoms with E-state index in [0.29, 0.717) is 6.54 Å². The van der Waals surface area contributed by atoms with Gasteiger partial charge in [-0.25, -0.2) is 0 Å². The van der Waals surface area contributed by atoms with Gasteiger partial charge in [0.05, 0.1) is 5.69 Å². The molecule has 0 atom stereocenters. The van der Waals surface area contributed by atoms with Crippen LogP contribution in [0.2, 0.25) is 5.02 Å². The number of hydrogen-bond acceptors (Lipinski definition) is 3. The fraction of sp³-hybridized carbons (Fsp3) is 0.100.